The van der Waals surface area contributed by atoms with Gasteiger partial charge in [-0.2, -0.15) is 0 Å². The second kappa shape index (κ2) is 9.34. The Kier molecular flexibility index (Phi) is 6.61. The third kappa shape index (κ3) is 4.63. The number of hydrogen-bond acceptors (Lipinski definition) is 6. The largest absolute Gasteiger partial charge is 0.497 e. The van der Waals surface area contributed by atoms with Crippen molar-refractivity contribution in [2.45, 2.75) is 12.8 Å². The molecule has 0 radical (unpaired) electrons. The molecule has 1 heterocycles. The predicted octanol–water partition coefficient (Wildman–Crippen LogP) is 2.73. The fourth-order valence-electron chi connectivity index (χ4n) is 3.12. The van der Waals surface area contributed by atoms with Gasteiger partial charge in [-0.1, -0.05) is 12.1 Å². The minimum Gasteiger partial charge on any atom is -0.497 e. The van der Waals surface area contributed by atoms with Gasteiger partial charge < -0.3 is 14.2 Å². The number of nitrogens with zero attached hydrogens (tertiary/aromatic N) is 1. The summed E-state index contributed by atoms with van der Waals surface area (Å²) in [4.78, 5) is 38.5. The highest BCUT2D eigenvalue weighted by Gasteiger charge is 2.35. The molecule has 2 amide bonds. The van der Waals surface area contributed by atoms with E-state index in [1.807, 2.05) is 24.3 Å². The van der Waals surface area contributed by atoms with Crippen LogP contribution in [-0.2, 0) is 15.9 Å². The lowest BCUT2D eigenvalue weighted by atomic mass is 10.1. The Labute approximate surface area is 169 Å². The molecular formula is C22H23NO6. The lowest BCUT2D eigenvalue weighted by Crippen LogP contribution is -2.31. The predicted molar refractivity (Wildman–Crippen MR) is 105 cm³/mol. The van der Waals surface area contributed by atoms with Crippen molar-refractivity contribution in [3.8, 4) is 5.75 Å². The van der Waals surface area contributed by atoms with Crippen LogP contribution >= 0.6 is 0 Å². The number of imide groups is 1. The molecule has 0 aliphatic carbocycles. The van der Waals surface area contributed by atoms with Crippen molar-refractivity contribution in [1.82, 2.24) is 4.90 Å². The van der Waals surface area contributed by atoms with Gasteiger partial charge in [0.05, 0.1) is 30.4 Å². The molecule has 29 heavy (non-hydrogen) atoms. The van der Waals surface area contributed by atoms with E-state index in [9.17, 15) is 14.4 Å². The maximum Gasteiger partial charge on any atom is 0.338 e. The van der Waals surface area contributed by atoms with Gasteiger partial charge in [0.15, 0.2) is 0 Å². The van der Waals surface area contributed by atoms with Crippen molar-refractivity contribution in [3.05, 3.63) is 64.7 Å². The maximum absolute atomic E-state index is 12.5. The first-order chi connectivity index (χ1) is 14.0. The summed E-state index contributed by atoms with van der Waals surface area (Å²) >= 11 is 0. The van der Waals surface area contributed by atoms with E-state index in [0.29, 0.717) is 25.0 Å². The summed E-state index contributed by atoms with van der Waals surface area (Å²) in [5, 5.41) is 0. The monoisotopic (exact) mass is 397 g/mol. The van der Waals surface area contributed by atoms with Gasteiger partial charge in [0.1, 0.15) is 5.75 Å². The lowest BCUT2D eigenvalue weighted by molar-refractivity contribution is 0.0508. The number of amides is 2. The molecule has 0 atom stereocenters. The van der Waals surface area contributed by atoms with Crippen LogP contribution in [0.5, 0.6) is 5.75 Å². The molecule has 7 nitrogen and oxygen atoms in total. The summed E-state index contributed by atoms with van der Waals surface area (Å²) in [6.07, 6.45) is 1.12. The highest BCUT2D eigenvalue weighted by Crippen LogP contribution is 2.24. The standard InChI is InChI=1S/C22H23NO6/c1-27-12-3-11-23-20(24)18-9-6-16(14-19(18)21(23)25)22(26)29-13-10-15-4-7-17(28-2)8-5-15/h4-9,14H,3,10-13H2,1-2H3. The van der Waals surface area contributed by atoms with Gasteiger partial charge in [-0.15, -0.1) is 0 Å². The van der Waals surface area contributed by atoms with Crippen LogP contribution in [0, 0.1) is 0 Å². The minimum absolute atomic E-state index is 0.207. The molecule has 0 fully saturated rings. The molecule has 0 unspecified atom stereocenters. The fraction of sp³-hybridized carbons (Fsp3) is 0.318. The van der Waals surface area contributed by atoms with Gasteiger partial charge in [-0.3, -0.25) is 14.5 Å². The molecule has 2 aromatic carbocycles. The number of carbonyl (C=O) groups excluding carboxylic acids is 3. The van der Waals surface area contributed by atoms with Gasteiger partial charge in [0, 0.05) is 26.7 Å². The highest BCUT2D eigenvalue weighted by atomic mass is 16.5. The molecule has 1 aliphatic rings. The van der Waals surface area contributed by atoms with Gasteiger partial charge >= 0.3 is 5.97 Å². The number of esters is 1. The summed E-state index contributed by atoms with van der Waals surface area (Å²) in [5.41, 5.74) is 1.80. The zero-order chi connectivity index (χ0) is 20.8. The van der Waals surface area contributed by atoms with Crippen molar-refractivity contribution in [1.29, 1.82) is 0 Å². The number of ether oxygens (including phenoxy) is 3. The van der Waals surface area contributed by atoms with E-state index in [-0.39, 0.29) is 30.2 Å². The molecule has 0 N–H and O–H groups in total. The number of rotatable bonds is 9. The number of hydrogen-bond donors (Lipinski definition) is 0. The van der Waals surface area contributed by atoms with E-state index in [2.05, 4.69) is 0 Å². The summed E-state index contributed by atoms with van der Waals surface area (Å²) in [7, 11) is 3.17. The van der Waals surface area contributed by atoms with E-state index >= 15 is 0 Å². The maximum atomic E-state index is 12.5. The van der Waals surface area contributed by atoms with Crippen LogP contribution < -0.4 is 4.74 Å². The Balaban J connectivity index is 1.60. The first-order valence-corrected chi connectivity index (χ1v) is 9.34. The smallest absolute Gasteiger partial charge is 0.338 e. The third-order valence-electron chi connectivity index (χ3n) is 4.72. The van der Waals surface area contributed by atoms with Crippen molar-refractivity contribution in [3.63, 3.8) is 0 Å². The van der Waals surface area contributed by atoms with Crippen LogP contribution in [-0.4, -0.2) is 56.7 Å². The molecule has 0 saturated heterocycles. The Hall–Kier alpha value is -3.19. The molecule has 1 aliphatic heterocycles. The van der Waals surface area contributed by atoms with Crippen LogP contribution in [0.1, 0.15) is 43.1 Å². The lowest BCUT2D eigenvalue weighted by Gasteiger charge is -2.12. The number of fused-ring (bicyclic) bond motifs is 1. The Morgan fingerprint density at radius 2 is 1.66 bits per heavy atom. The Bertz CT molecular complexity index is 906. The van der Waals surface area contributed by atoms with Gasteiger partial charge in [0.2, 0.25) is 0 Å². The van der Waals surface area contributed by atoms with Gasteiger partial charge in [0.25, 0.3) is 11.8 Å². The van der Waals surface area contributed by atoms with E-state index in [1.165, 1.54) is 23.1 Å². The van der Waals surface area contributed by atoms with E-state index in [4.69, 9.17) is 14.2 Å². The van der Waals surface area contributed by atoms with E-state index in [1.54, 1.807) is 14.2 Å². The van der Waals surface area contributed by atoms with Crippen LogP contribution in [0.25, 0.3) is 0 Å². The SMILES string of the molecule is COCCCN1C(=O)c2ccc(C(=O)OCCc3ccc(OC)cc3)cc2C1=O. The molecular weight excluding hydrogens is 374 g/mol. The summed E-state index contributed by atoms with van der Waals surface area (Å²) in [5.74, 6) is -0.506. The first-order valence-electron chi connectivity index (χ1n) is 9.34. The van der Waals surface area contributed by atoms with Crippen LogP contribution in [0.15, 0.2) is 42.5 Å². The molecule has 0 saturated carbocycles. The van der Waals surface area contributed by atoms with E-state index in [0.717, 1.165) is 11.3 Å². The molecule has 2 aromatic rings. The molecule has 0 spiro atoms. The number of methoxy groups -OCH3 is 2. The van der Waals surface area contributed by atoms with Crippen molar-refractivity contribution in [2.75, 3.05) is 34.0 Å². The normalized spacial score (nSPS) is 12.8. The fourth-order valence-corrected chi connectivity index (χ4v) is 3.12. The average molecular weight is 397 g/mol. The second-order valence-electron chi connectivity index (χ2n) is 6.60. The third-order valence-corrected chi connectivity index (χ3v) is 4.72. The van der Waals surface area contributed by atoms with Crippen molar-refractivity contribution in [2.24, 2.45) is 0 Å². The zero-order valence-electron chi connectivity index (χ0n) is 16.5. The number of benzene rings is 2. The summed E-state index contributed by atoms with van der Waals surface area (Å²) < 4.78 is 15.4. The molecule has 7 heteroatoms. The van der Waals surface area contributed by atoms with Crippen molar-refractivity contribution < 1.29 is 28.6 Å². The van der Waals surface area contributed by atoms with E-state index < -0.39 is 11.9 Å². The van der Waals surface area contributed by atoms with Crippen LogP contribution in [0.3, 0.4) is 0 Å². The topological polar surface area (TPSA) is 82.1 Å². The van der Waals surface area contributed by atoms with Crippen LogP contribution in [0.4, 0.5) is 0 Å². The highest BCUT2D eigenvalue weighted by molar-refractivity contribution is 6.21. The van der Waals surface area contributed by atoms with Gasteiger partial charge in [-0.25, -0.2) is 4.79 Å². The minimum atomic E-state index is -0.528. The second-order valence-corrected chi connectivity index (χ2v) is 6.60. The first kappa shape index (κ1) is 20.5. The quantitative estimate of drug-likeness (QED) is 0.368. The Morgan fingerprint density at radius 3 is 2.34 bits per heavy atom. The average Bonchev–Trinajstić information content (AvgIpc) is 2.98. The Morgan fingerprint density at radius 1 is 0.931 bits per heavy atom. The molecule has 3 rings (SSSR count). The summed E-state index contributed by atoms with van der Waals surface area (Å²) in [6.45, 7) is 0.944. The molecule has 152 valence electrons. The molecule has 0 bridgehead atoms. The number of carbonyl (C=O) groups is 3. The zero-order valence-corrected chi connectivity index (χ0v) is 16.5. The van der Waals surface area contributed by atoms with Gasteiger partial charge in [-0.05, 0) is 42.3 Å². The summed E-state index contributed by atoms with van der Waals surface area (Å²) in [6, 6.07) is 12.0. The van der Waals surface area contributed by atoms with Crippen molar-refractivity contribution >= 4 is 17.8 Å². The molecule has 0 aromatic heterocycles. The van der Waals surface area contributed by atoms with Crippen LogP contribution in [0.2, 0.25) is 0 Å².